The van der Waals surface area contributed by atoms with E-state index in [0.717, 1.165) is 36.2 Å². The quantitative estimate of drug-likeness (QED) is 0.645. The van der Waals surface area contributed by atoms with Crippen LogP contribution in [0.15, 0.2) is 30.3 Å². The van der Waals surface area contributed by atoms with E-state index >= 15 is 0 Å². The number of carbonyl (C=O) groups is 1. The minimum absolute atomic E-state index is 0.0977. The number of hydrogen-bond acceptors (Lipinski definition) is 5. The Morgan fingerprint density at radius 1 is 1.07 bits per heavy atom. The summed E-state index contributed by atoms with van der Waals surface area (Å²) in [6, 6.07) is 9.73. The molecule has 0 spiro atoms. The molecule has 29 heavy (non-hydrogen) atoms. The zero-order chi connectivity index (χ0) is 20.9. The van der Waals surface area contributed by atoms with Gasteiger partial charge < -0.3 is 20.9 Å². The van der Waals surface area contributed by atoms with Gasteiger partial charge in [-0.05, 0) is 42.9 Å². The SMILES string of the molecule is Cc1nc(NCCNC(=O)Nc2ccc(C(C)(C)C)cc2)cc(N2CCCC2)n1. The van der Waals surface area contributed by atoms with Crippen LogP contribution in [-0.4, -0.2) is 42.2 Å². The van der Waals surface area contributed by atoms with Crippen LogP contribution in [0.5, 0.6) is 0 Å². The number of anilines is 3. The van der Waals surface area contributed by atoms with Crippen LogP contribution in [0, 0.1) is 6.92 Å². The van der Waals surface area contributed by atoms with E-state index in [2.05, 4.69) is 51.6 Å². The molecule has 0 unspecified atom stereocenters. The summed E-state index contributed by atoms with van der Waals surface area (Å²) in [4.78, 5) is 23.4. The highest BCUT2D eigenvalue weighted by atomic mass is 16.2. The maximum atomic E-state index is 12.1. The summed E-state index contributed by atoms with van der Waals surface area (Å²) in [5, 5.41) is 9.00. The second-order valence-electron chi connectivity index (χ2n) is 8.49. The smallest absolute Gasteiger partial charge is 0.319 e. The van der Waals surface area contributed by atoms with Gasteiger partial charge >= 0.3 is 6.03 Å². The van der Waals surface area contributed by atoms with E-state index in [9.17, 15) is 4.79 Å². The van der Waals surface area contributed by atoms with Crippen LogP contribution in [0.2, 0.25) is 0 Å². The third-order valence-electron chi connectivity index (χ3n) is 4.98. The number of nitrogens with zero attached hydrogens (tertiary/aromatic N) is 3. The molecule has 3 rings (SSSR count). The molecule has 0 aliphatic carbocycles. The molecule has 0 atom stereocenters. The molecule has 0 bridgehead atoms. The number of aromatic nitrogens is 2. The number of nitrogens with one attached hydrogen (secondary N) is 3. The topological polar surface area (TPSA) is 82.2 Å². The van der Waals surface area contributed by atoms with Crippen LogP contribution in [0.4, 0.5) is 22.1 Å². The molecule has 0 radical (unpaired) electrons. The van der Waals surface area contributed by atoms with Crippen LogP contribution in [-0.2, 0) is 5.41 Å². The van der Waals surface area contributed by atoms with E-state index in [1.54, 1.807) is 0 Å². The van der Waals surface area contributed by atoms with E-state index in [-0.39, 0.29) is 11.4 Å². The van der Waals surface area contributed by atoms with Crippen molar-refractivity contribution in [1.29, 1.82) is 0 Å². The summed E-state index contributed by atoms with van der Waals surface area (Å²) in [5.74, 6) is 2.52. The first kappa shape index (κ1) is 20.9. The monoisotopic (exact) mass is 396 g/mol. The molecular weight excluding hydrogens is 364 g/mol. The highest BCUT2D eigenvalue weighted by Gasteiger charge is 2.15. The number of rotatable bonds is 6. The molecular formula is C22H32N6O. The Balaban J connectivity index is 1.44. The van der Waals surface area contributed by atoms with Crippen molar-refractivity contribution in [2.45, 2.75) is 46.0 Å². The van der Waals surface area contributed by atoms with Crippen LogP contribution in [0.1, 0.15) is 45.0 Å². The van der Waals surface area contributed by atoms with Crippen LogP contribution in [0.3, 0.4) is 0 Å². The summed E-state index contributed by atoms with van der Waals surface area (Å²) < 4.78 is 0. The van der Waals surface area contributed by atoms with Crippen molar-refractivity contribution < 1.29 is 4.79 Å². The predicted octanol–water partition coefficient (Wildman–Crippen LogP) is 3.92. The van der Waals surface area contributed by atoms with Crippen molar-refractivity contribution in [3.8, 4) is 0 Å². The number of aryl methyl sites for hydroxylation is 1. The largest absolute Gasteiger partial charge is 0.368 e. The average Bonchev–Trinajstić information content (AvgIpc) is 3.19. The van der Waals surface area contributed by atoms with Gasteiger partial charge in [0, 0.05) is 37.9 Å². The van der Waals surface area contributed by atoms with Crippen molar-refractivity contribution in [2.24, 2.45) is 0 Å². The average molecular weight is 397 g/mol. The van der Waals surface area contributed by atoms with E-state index in [1.807, 2.05) is 37.3 Å². The standard InChI is InChI=1S/C22H32N6O/c1-16-25-19(15-20(26-16)28-13-5-6-14-28)23-11-12-24-21(29)27-18-9-7-17(8-10-18)22(2,3)4/h7-10,15H,5-6,11-14H2,1-4H3,(H,23,25,26)(H2,24,27,29). The minimum Gasteiger partial charge on any atom is -0.368 e. The number of benzene rings is 1. The summed E-state index contributed by atoms with van der Waals surface area (Å²) in [5.41, 5.74) is 2.12. The third kappa shape index (κ3) is 6.07. The number of hydrogen-bond donors (Lipinski definition) is 3. The summed E-state index contributed by atoms with van der Waals surface area (Å²) >= 11 is 0. The fourth-order valence-corrected chi connectivity index (χ4v) is 3.35. The lowest BCUT2D eigenvalue weighted by Crippen LogP contribution is -2.32. The van der Waals surface area contributed by atoms with E-state index in [1.165, 1.54) is 18.4 Å². The van der Waals surface area contributed by atoms with E-state index in [4.69, 9.17) is 0 Å². The Kier molecular flexibility index (Phi) is 6.56. The van der Waals surface area contributed by atoms with Gasteiger partial charge in [-0.1, -0.05) is 32.9 Å². The maximum Gasteiger partial charge on any atom is 0.319 e. The van der Waals surface area contributed by atoms with Crippen molar-refractivity contribution in [1.82, 2.24) is 15.3 Å². The lowest BCUT2D eigenvalue weighted by atomic mass is 9.87. The Morgan fingerprint density at radius 3 is 2.41 bits per heavy atom. The summed E-state index contributed by atoms with van der Waals surface area (Å²) in [7, 11) is 0. The Morgan fingerprint density at radius 2 is 1.76 bits per heavy atom. The van der Waals surface area contributed by atoms with Gasteiger partial charge in [0.25, 0.3) is 0 Å². The Bertz CT molecular complexity index is 822. The fraction of sp³-hybridized carbons (Fsp3) is 0.500. The molecule has 2 heterocycles. The molecule has 1 fully saturated rings. The maximum absolute atomic E-state index is 12.1. The Labute approximate surface area is 173 Å². The van der Waals surface area contributed by atoms with Gasteiger partial charge in [-0.2, -0.15) is 0 Å². The van der Waals surface area contributed by atoms with Crippen LogP contribution < -0.4 is 20.9 Å². The zero-order valence-electron chi connectivity index (χ0n) is 17.9. The molecule has 3 N–H and O–H groups in total. The van der Waals surface area contributed by atoms with Crippen LogP contribution >= 0.6 is 0 Å². The molecule has 1 saturated heterocycles. The summed E-state index contributed by atoms with van der Waals surface area (Å²) in [6.45, 7) is 11.6. The predicted molar refractivity (Wildman–Crippen MR) is 119 cm³/mol. The first-order valence-electron chi connectivity index (χ1n) is 10.3. The molecule has 1 aliphatic rings. The molecule has 0 saturated carbocycles. The van der Waals surface area contributed by atoms with Crippen molar-refractivity contribution in [2.75, 3.05) is 41.7 Å². The molecule has 2 aromatic rings. The van der Waals surface area contributed by atoms with Crippen LogP contribution in [0.25, 0.3) is 0 Å². The highest BCUT2D eigenvalue weighted by Crippen LogP contribution is 2.23. The lowest BCUT2D eigenvalue weighted by Gasteiger charge is -2.19. The highest BCUT2D eigenvalue weighted by molar-refractivity contribution is 5.89. The van der Waals surface area contributed by atoms with E-state index < -0.39 is 0 Å². The van der Waals surface area contributed by atoms with Gasteiger partial charge in [-0.3, -0.25) is 0 Å². The first-order chi connectivity index (χ1) is 13.8. The molecule has 1 aromatic heterocycles. The normalized spacial score (nSPS) is 14.0. The van der Waals surface area contributed by atoms with Crippen molar-refractivity contribution >= 4 is 23.4 Å². The molecule has 1 aliphatic heterocycles. The molecule has 7 heteroatoms. The lowest BCUT2D eigenvalue weighted by molar-refractivity contribution is 0.252. The third-order valence-corrected chi connectivity index (χ3v) is 4.98. The van der Waals surface area contributed by atoms with Gasteiger partial charge in [0.05, 0.1) is 0 Å². The Hall–Kier alpha value is -2.83. The van der Waals surface area contributed by atoms with Gasteiger partial charge in [0.15, 0.2) is 0 Å². The molecule has 1 aromatic carbocycles. The minimum atomic E-state index is -0.216. The first-order valence-corrected chi connectivity index (χ1v) is 10.3. The zero-order valence-corrected chi connectivity index (χ0v) is 17.9. The van der Waals surface area contributed by atoms with Gasteiger partial charge in [0.2, 0.25) is 0 Å². The second-order valence-corrected chi connectivity index (χ2v) is 8.49. The fourth-order valence-electron chi connectivity index (χ4n) is 3.35. The molecule has 7 nitrogen and oxygen atoms in total. The molecule has 156 valence electrons. The van der Waals surface area contributed by atoms with Gasteiger partial charge in [0.1, 0.15) is 17.5 Å². The summed E-state index contributed by atoms with van der Waals surface area (Å²) in [6.07, 6.45) is 2.42. The van der Waals surface area contributed by atoms with Gasteiger partial charge in [-0.25, -0.2) is 14.8 Å². The number of urea groups is 1. The molecule has 2 amide bonds. The van der Waals surface area contributed by atoms with Crippen molar-refractivity contribution in [3.63, 3.8) is 0 Å². The number of carbonyl (C=O) groups excluding carboxylic acids is 1. The van der Waals surface area contributed by atoms with Crippen molar-refractivity contribution in [3.05, 3.63) is 41.7 Å². The second kappa shape index (κ2) is 9.11. The van der Waals surface area contributed by atoms with E-state index in [0.29, 0.717) is 13.1 Å². The number of amides is 2. The van der Waals surface area contributed by atoms with Gasteiger partial charge in [-0.15, -0.1) is 0 Å².